The minimum Gasteiger partial charge on any atom is -0.323 e. The maximum atomic E-state index is 12.5. The molecule has 9 heteroatoms. The molecule has 24 heavy (non-hydrogen) atoms. The van der Waals surface area contributed by atoms with Crippen molar-refractivity contribution in [2.75, 3.05) is 17.1 Å². The number of hydrogen-bond donors (Lipinski definition) is 2. The number of fused-ring (bicyclic) bond motifs is 1. The predicted octanol–water partition coefficient (Wildman–Crippen LogP) is 3.77. The summed E-state index contributed by atoms with van der Waals surface area (Å²) in [4.78, 5) is 13.0. The molecule has 0 bridgehead atoms. The van der Waals surface area contributed by atoms with Gasteiger partial charge in [-0.05, 0) is 42.0 Å². The molecule has 0 radical (unpaired) electrons. The van der Waals surface area contributed by atoms with Crippen molar-refractivity contribution in [3.63, 3.8) is 0 Å². The molecule has 6 nitrogen and oxygen atoms in total. The number of nitrogens with zero attached hydrogens (tertiary/aromatic N) is 1. The Morgan fingerprint density at radius 3 is 2.67 bits per heavy atom. The average Bonchev–Trinajstić information content (AvgIpc) is 2.50. The van der Waals surface area contributed by atoms with Crippen molar-refractivity contribution in [2.45, 2.75) is 11.4 Å². The summed E-state index contributed by atoms with van der Waals surface area (Å²) in [6.45, 7) is 0.384. The molecule has 0 fully saturated rings. The van der Waals surface area contributed by atoms with Crippen LogP contribution >= 0.6 is 23.2 Å². The standard InChI is InChI=1S/C15H13Cl2N3O3S/c1-20-8-9-6-11(3-5-13(9)18-15(20)21)19-24(22,23)14-7-10(16)2-4-12(14)17/h2-7,19H,8H2,1H3,(H,18,21). The summed E-state index contributed by atoms with van der Waals surface area (Å²) in [5.74, 6) is 0. The molecule has 2 aromatic carbocycles. The van der Waals surface area contributed by atoms with Crippen LogP contribution in [0.4, 0.5) is 16.2 Å². The molecule has 1 aliphatic rings. The number of halogens is 2. The first-order valence-corrected chi connectivity index (χ1v) is 9.13. The van der Waals surface area contributed by atoms with Gasteiger partial charge < -0.3 is 10.2 Å². The van der Waals surface area contributed by atoms with Crippen molar-refractivity contribution >= 4 is 50.6 Å². The normalized spacial score (nSPS) is 14.1. The van der Waals surface area contributed by atoms with Crippen LogP contribution in [0.15, 0.2) is 41.3 Å². The first-order chi connectivity index (χ1) is 11.3. The smallest absolute Gasteiger partial charge is 0.321 e. The molecule has 0 saturated heterocycles. The second-order valence-corrected chi connectivity index (χ2v) is 7.83. The fourth-order valence-electron chi connectivity index (χ4n) is 2.34. The highest BCUT2D eigenvalue weighted by Gasteiger charge is 2.22. The van der Waals surface area contributed by atoms with Crippen molar-refractivity contribution in [1.29, 1.82) is 0 Å². The van der Waals surface area contributed by atoms with E-state index in [-0.39, 0.29) is 21.0 Å². The Balaban J connectivity index is 1.92. The summed E-state index contributed by atoms with van der Waals surface area (Å²) in [5.41, 5.74) is 1.82. The van der Waals surface area contributed by atoms with Crippen LogP contribution in [0.1, 0.15) is 5.56 Å². The van der Waals surface area contributed by atoms with E-state index >= 15 is 0 Å². The lowest BCUT2D eigenvalue weighted by Crippen LogP contribution is -2.35. The molecule has 126 valence electrons. The number of urea groups is 1. The molecule has 0 saturated carbocycles. The molecule has 2 amide bonds. The maximum absolute atomic E-state index is 12.5. The van der Waals surface area contributed by atoms with Gasteiger partial charge in [-0.2, -0.15) is 0 Å². The van der Waals surface area contributed by atoms with Crippen LogP contribution in [0, 0.1) is 0 Å². The van der Waals surface area contributed by atoms with Crippen molar-refractivity contribution in [2.24, 2.45) is 0 Å². The number of sulfonamides is 1. The Hall–Kier alpha value is -1.96. The Bertz CT molecular complexity index is 932. The van der Waals surface area contributed by atoms with Crippen molar-refractivity contribution in [3.05, 3.63) is 52.0 Å². The quantitative estimate of drug-likeness (QED) is 0.843. The third kappa shape index (κ3) is 3.28. The van der Waals surface area contributed by atoms with Crippen molar-refractivity contribution in [1.82, 2.24) is 4.90 Å². The highest BCUT2D eigenvalue weighted by atomic mass is 35.5. The van der Waals surface area contributed by atoms with E-state index in [0.717, 1.165) is 5.56 Å². The highest BCUT2D eigenvalue weighted by Crippen LogP contribution is 2.29. The molecule has 2 aromatic rings. The van der Waals surface area contributed by atoms with Crippen LogP contribution in [0.25, 0.3) is 0 Å². The predicted molar refractivity (Wildman–Crippen MR) is 94.2 cm³/mol. The zero-order valence-electron chi connectivity index (χ0n) is 12.5. The lowest BCUT2D eigenvalue weighted by Gasteiger charge is -2.26. The number of rotatable bonds is 3. The summed E-state index contributed by atoms with van der Waals surface area (Å²) in [7, 11) is -2.23. The van der Waals surface area contributed by atoms with Gasteiger partial charge in [-0.3, -0.25) is 4.72 Å². The second-order valence-electron chi connectivity index (χ2n) is 5.34. The van der Waals surface area contributed by atoms with Gasteiger partial charge >= 0.3 is 6.03 Å². The van der Waals surface area contributed by atoms with E-state index in [1.807, 2.05) is 0 Å². The molecule has 0 spiro atoms. The third-order valence-electron chi connectivity index (χ3n) is 3.54. The van der Waals surface area contributed by atoms with Gasteiger partial charge in [0.25, 0.3) is 10.0 Å². The number of hydrogen-bond acceptors (Lipinski definition) is 3. The molecule has 1 heterocycles. The maximum Gasteiger partial charge on any atom is 0.321 e. The Labute approximate surface area is 149 Å². The lowest BCUT2D eigenvalue weighted by molar-refractivity contribution is 0.218. The van der Waals surface area contributed by atoms with E-state index in [1.54, 1.807) is 25.2 Å². The molecule has 1 aliphatic heterocycles. The largest absolute Gasteiger partial charge is 0.323 e. The number of carbonyl (C=O) groups is 1. The van der Waals surface area contributed by atoms with E-state index in [2.05, 4.69) is 10.0 Å². The topological polar surface area (TPSA) is 78.5 Å². The van der Waals surface area contributed by atoms with Crippen LogP contribution in [-0.2, 0) is 16.6 Å². The SMILES string of the molecule is CN1Cc2cc(NS(=O)(=O)c3cc(Cl)ccc3Cl)ccc2NC1=O. The van der Waals surface area contributed by atoms with Gasteiger partial charge in [0.2, 0.25) is 0 Å². The summed E-state index contributed by atoms with van der Waals surface area (Å²) < 4.78 is 27.5. The third-order valence-corrected chi connectivity index (χ3v) is 5.63. The van der Waals surface area contributed by atoms with Gasteiger partial charge in [0, 0.05) is 30.0 Å². The van der Waals surface area contributed by atoms with Gasteiger partial charge in [-0.25, -0.2) is 13.2 Å². The monoisotopic (exact) mass is 385 g/mol. The van der Waals surface area contributed by atoms with Crippen LogP contribution in [0.3, 0.4) is 0 Å². The van der Waals surface area contributed by atoms with E-state index in [4.69, 9.17) is 23.2 Å². The van der Waals surface area contributed by atoms with Crippen molar-refractivity contribution < 1.29 is 13.2 Å². The van der Waals surface area contributed by atoms with Gasteiger partial charge in [-0.15, -0.1) is 0 Å². The molecule has 2 N–H and O–H groups in total. The zero-order chi connectivity index (χ0) is 17.5. The van der Waals surface area contributed by atoms with Gasteiger partial charge in [0.15, 0.2) is 0 Å². The van der Waals surface area contributed by atoms with Gasteiger partial charge in [0.05, 0.1) is 5.02 Å². The van der Waals surface area contributed by atoms with Gasteiger partial charge in [0.1, 0.15) is 4.90 Å². The summed E-state index contributed by atoms with van der Waals surface area (Å²) >= 11 is 11.8. The van der Waals surface area contributed by atoms with Crippen LogP contribution in [0.2, 0.25) is 10.0 Å². The number of benzene rings is 2. The van der Waals surface area contributed by atoms with E-state index in [0.29, 0.717) is 17.9 Å². The first kappa shape index (κ1) is 16.9. The zero-order valence-corrected chi connectivity index (χ0v) is 14.8. The Morgan fingerprint density at radius 2 is 1.92 bits per heavy atom. The highest BCUT2D eigenvalue weighted by molar-refractivity contribution is 7.92. The molecule has 0 aromatic heterocycles. The lowest BCUT2D eigenvalue weighted by atomic mass is 10.1. The van der Waals surface area contributed by atoms with Crippen LogP contribution < -0.4 is 10.0 Å². The Kier molecular flexibility index (Phi) is 4.33. The van der Waals surface area contributed by atoms with E-state index in [1.165, 1.54) is 23.1 Å². The first-order valence-electron chi connectivity index (χ1n) is 6.89. The molecule has 3 rings (SSSR count). The second kappa shape index (κ2) is 6.16. The fraction of sp³-hybridized carbons (Fsp3) is 0.133. The summed E-state index contributed by atoms with van der Waals surface area (Å²) in [6.07, 6.45) is 0. The minimum absolute atomic E-state index is 0.0804. The molecule has 0 atom stereocenters. The average molecular weight is 386 g/mol. The molecule has 0 unspecified atom stereocenters. The Morgan fingerprint density at radius 1 is 1.17 bits per heavy atom. The van der Waals surface area contributed by atoms with Crippen molar-refractivity contribution in [3.8, 4) is 0 Å². The number of carbonyl (C=O) groups excluding carboxylic acids is 1. The van der Waals surface area contributed by atoms with E-state index in [9.17, 15) is 13.2 Å². The fourth-order valence-corrected chi connectivity index (χ4v) is 4.15. The number of nitrogens with one attached hydrogen (secondary N) is 2. The van der Waals surface area contributed by atoms with Crippen LogP contribution in [0.5, 0.6) is 0 Å². The van der Waals surface area contributed by atoms with Crippen LogP contribution in [-0.4, -0.2) is 26.4 Å². The summed E-state index contributed by atoms with van der Waals surface area (Å²) in [5, 5.41) is 3.07. The van der Waals surface area contributed by atoms with Gasteiger partial charge in [-0.1, -0.05) is 23.2 Å². The number of amides is 2. The molecule has 0 aliphatic carbocycles. The molecular formula is C15H13Cl2N3O3S. The number of anilines is 2. The minimum atomic E-state index is -3.88. The molecular weight excluding hydrogens is 373 g/mol. The van der Waals surface area contributed by atoms with E-state index < -0.39 is 10.0 Å². The summed E-state index contributed by atoms with van der Waals surface area (Å²) in [6, 6.07) is 8.91.